The Morgan fingerprint density at radius 2 is 1.65 bits per heavy atom. The van der Waals surface area contributed by atoms with E-state index in [1.165, 1.54) is 16.7 Å². The van der Waals surface area contributed by atoms with Crippen molar-refractivity contribution in [3.63, 3.8) is 0 Å². The van der Waals surface area contributed by atoms with E-state index in [9.17, 15) is 19.2 Å². The summed E-state index contributed by atoms with van der Waals surface area (Å²) in [6.45, 7) is 12.3. The summed E-state index contributed by atoms with van der Waals surface area (Å²) >= 11 is 1.25. The first-order chi connectivity index (χ1) is 14.3. The number of amides is 4. The van der Waals surface area contributed by atoms with Gasteiger partial charge in [0.05, 0.1) is 11.0 Å². The molecule has 1 saturated heterocycles. The smallest absolute Gasteiger partial charge is 0.242 e. The summed E-state index contributed by atoms with van der Waals surface area (Å²) in [5, 5.41) is 5.53. The van der Waals surface area contributed by atoms with Gasteiger partial charge < -0.3 is 10.6 Å². The fourth-order valence-corrected chi connectivity index (χ4v) is 4.95. The molecule has 0 bridgehead atoms. The molecule has 0 aromatic heterocycles. The van der Waals surface area contributed by atoms with Gasteiger partial charge in [0.2, 0.25) is 23.6 Å². The van der Waals surface area contributed by atoms with Gasteiger partial charge in [-0.15, -0.1) is 11.8 Å². The lowest BCUT2D eigenvalue weighted by Gasteiger charge is -2.32. The predicted octanol–water partition coefficient (Wildman–Crippen LogP) is 2.87. The number of carbonyl (C=O) groups is 4. The predicted molar refractivity (Wildman–Crippen MR) is 123 cm³/mol. The minimum absolute atomic E-state index is 0.00893. The molecule has 0 aromatic carbocycles. The lowest BCUT2D eigenvalue weighted by molar-refractivity contribution is -0.139. The minimum Gasteiger partial charge on any atom is -0.351 e. The Balaban J connectivity index is 1.79. The normalized spacial score (nSPS) is 25.0. The highest BCUT2D eigenvalue weighted by Crippen LogP contribution is 2.32. The Bertz CT molecular complexity index is 693. The molecular weight excluding hydrogens is 414 g/mol. The van der Waals surface area contributed by atoms with Crippen molar-refractivity contribution in [2.24, 2.45) is 11.8 Å². The van der Waals surface area contributed by atoms with Crippen molar-refractivity contribution in [2.45, 2.75) is 96.4 Å². The molecule has 2 N–H and O–H groups in total. The number of thioether (sulfide) groups is 1. The fourth-order valence-electron chi connectivity index (χ4n) is 3.99. The third-order valence-electron chi connectivity index (χ3n) is 6.14. The minimum atomic E-state index is -0.475. The number of rotatable bonds is 8. The maximum Gasteiger partial charge on any atom is 0.242 e. The quantitative estimate of drug-likeness (QED) is 0.551. The lowest BCUT2D eigenvalue weighted by atomic mass is 9.81. The molecule has 0 spiro atoms. The van der Waals surface area contributed by atoms with Gasteiger partial charge >= 0.3 is 0 Å². The molecule has 1 atom stereocenters. The van der Waals surface area contributed by atoms with Gasteiger partial charge in [0.1, 0.15) is 0 Å². The van der Waals surface area contributed by atoms with Crippen LogP contribution in [0.15, 0.2) is 0 Å². The third-order valence-corrected chi connectivity index (χ3v) is 7.34. The van der Waals surface area contributed by atoms with Crippen LogP contribution in [0.5, 0.6) is 0 Å². The Kier molecular flexibility index (Phi) is 8.59. The average molecular weight is 454 g/mol. The number of carbonyl (C=O) groups excluding carboxylic acids is 4. The van der Waals surface area contributed by atoms with Gasteiger partial charge in [-0.2, -0.15) is 0 Å². The van der Waals surface area contributed by atoms with Crippen LogP contribution in [0.3, 0.4) is 0 Å². The highest BCUT2D eigenvalue weighted by atomic mass is 32.2. The van der Waals surface area contributed by atoms with Crippen molar-refractivity contribution in [3.05, 3.63) is 0 Å². The van der Waals surface area contributed by atoms with Crippen LogP contribution in [0, 0.1) is 11.8 Å². The lowest BCUT2D eigenvalue weighted by Crippen LogP contribution is -2.45. The van der Waals surface area contributed by atoms with Gasteiger partial charge in [0.15, 0.2) is 0 Å². The third kappa shape index (κ3) is 7.81. The molecule has 0 radical (unpaired) electrons. The fraction of sp³-hybridized carbons (Fsp3) is 0.826. The standard InChI is InChI=1S/C23H39N3O4S/c1-7-23(5,6)24-18(27)14-31-17-12-19(28)26(21(17)30)13-15-8-10-16(11-9-15)20(29)25-22(2,3)4/h15-17H,7-14H2,1-6H3,(H,24,27)(H,25,29). The summed E-state index contributed by atoms with van der Waals surface area (Å²) in [6.07, 6.45) is 4.23. The molecule has 1 aliphatic carbocycles. The number of likely N-dealkylation sites (tertiary alicyclic amines) is 1. The second kappa shape index (κ2) is 10.4. The van der Waals surface area contributed by atoms with Gasteiger partial charge in [-0.25, -0.2) is 0 Å². The van der Waals surface area contributed by atoms with Gasteiger partial charge in [-0.1, -0.05) is 6.92 Å². The van der Waals surface area contributed by atoms with Crippen LogP contribution in [0.1, 0.15) is 80.1 Å². The number of imide groups is 1. The maximum atomic E-state index is 12.8. The van der Waals surface area contributed by atoms with Crippen molar-refractivity contribution in [1.29, 1.82) is 0 Å². The topological polar surface area (TPSA) is 95.6 Å². The van der Waals surface area contributed by atoms with Crippen LogP contribution in [0.4, 0.5) is 0 Å². The Labute approximate surface area is 190 Å². The highest BCUT2D eigenvalue weighted by Gasteiger charge is 2.41. The Morgan fingerprint density at radius 3 is 2.19 bits per heavy atom. The van der Waals surface area contributed by atoms with E-state index in [-0.39, 0.29) is 58.7 Å². The first-order valence-electron chi connectivity index (χ1n) is 11.4. The zero-order valence-electron chi connectivity index (χ0n) is 19.9. The van der Waals surface area contributed by atoms with E-state index in [2.05, 4.69) is 10.6 Å². The largest absolute Gasteiger partial charge is 0.351 e. The van der Waals surface area contributed by atoms with Crippen molar-refractivity contribution < 1.29 is 19.2 Å². The molecule has 1 saturated carbocycles. The molecule has 2 rings (SSSR count). The second-order valence-electron chi connectivity index (χ2n) is 10.6. The molecule has 1 aliphatic heterocycles. The molecule has 1 heterocycles. The summed E-state index contributed by atoms with van der Waals surface area (Å²) in [4.78, 5) is 51.1. The highest BCUT2D eigenvalue weighted by molar-refractivity contribution is 8.01. The summed E-state index contributed by atoms with van der Waals surface area (Å²) in [5.41, 5.74) is -0.514. The summed E-state index contributed by atoms with van der Waals surface area (Å²) < 4.78 is 0. The Hall–Kier alpha value is -1.57. The monoisotopic (exact) mass is 453 g/mol. The molecule has 4 amide bonds. The first kappa shape index (κ1) is 25.7. The molecule has 31 heavy (non-hydrogen) atoms. The molecular formula is C23H39N3O4S. The maximum absolute atomic E-state index is 12.8. The number of nitrogens with zero attached hydrogens (tertiary/aromatic N) is 1. The van der Waals surface area contributed by atoms with Crippen LogP contribution < -0.4 is 10.6 Å². The van der Waals surface area contributed by atoms with E-state index < -0.39 is 5.25 Å². The molecule has 1 unspecified atom stereocenters. The number of hydrogen-bond acceptors (Lipinski definition) is 5. The van der Waals surface area contributed by atoms with Crippen LogP contribution in [0.2, 0.25) is 0 Å². The van der Waals surface area contributed by atoms with Crippen LogP contribution in [-0.2, 0) is 19.2 Å². The zero-order valence-corrected chi connectivity index (χ0v) is 20.7. The zero-order chi connectivity index (χ0) is 23.4. The van der Waals surface area contributed by atoms with Crippen LogP contribution in [0.25, 0.3) is 0 Å². The van der Waals surface area contributed by atoms with Crippen LogP contribution in [-0.4, -0.2) is 57.2 Å². The van der Waals surface area contributed by atoms with E-state index in [0.29, 0.717) is 6.54 Å². The van der Waals surface area contributed by atoms with Crippen molar-refractivity contribution in [3.8, 4) is 0 Å². The molecule has 176 valence electrons. The van der Waals surface area contributed by atoms with E-state index >= 15 is 0 Å². The van der Waals surface area contributed by atoms with E-state index in [0.717, 1.165) is 32.1 Å². The summed E-state index contributed by atoms with van der Waals surface area (Å²) in [5.74, 6) is 0.0884. The van der Waals surface area contributed by atoms with E-state index in [1.807, 2.05) is 41.5 Å². The van der Waals surface area contributed by atoms with Gasteiger partial charge in [0.25, 0.3) is 0 Å². The van der Waals surface area contributed by atoms with Crippen molar-refractivity contribution in [2.75, 3.05) is 12.3 Å². The SMILES string of the molecule is CCC(C)(C)NC(=O)CSC1CC(=O)N(CC2CCC(C(=O)NC(C)(C)C)CC2)C1=O. The molecule has 8 heteroatoms. The summed E-state index contributed by atoms with van der Waals surface area (Å²) in [7, 11) is 0. The second-order valence-corrected chi connectivity index (χ2v) is 11.8. The molecule has 2 fully saturated rings. The molecule has 7 nitrogen and oxygen atoms in total. The van der Waals surface area contributed by atoms with Crippen molar-refractivity contribution >= 4 is 35.4 Å². The molecule has 2 aliphatic rings. The van der Waals surface area contributed by atoms with Gasteiger partial charge in [-0.05, 0) is 72.6 Å². The van der Waals surface area contributed by atoms with E-state index in [4.69, 9.17) is 0 Å². The average Bonchev–Trinajstić information content (AvgIpc) is 2.93. The van der Waals surface area contributed by atoms with Gasteiger partial charge in [-0.3, -0.25) is 24.1 Å². The van der Waals surface area contributed by atoms with E-state index in [1.54, 1.807) is 0 Å². The van der Waals surface area contributed by atoms with Crippen LogP contribution >= 0.6 is 11.8 Å². The number of hydrogen-bond donors (Lipinski definition) is 2. The summed E-state index contributed by atoms with van der Waals surface area (Å²) in [6, 6.07) is 0. The number of nitrogens with one attached hydrogen (secondary N) is 2. The van der Waals surface area contributed by atoms with Gasteiger partial charge in [0, 0.05) is 30.0 Å². The first-order valence-corrected chi connectivity index (χ1v) is 12.4. The molecule has 0 aromatic rings. The van der Waals surface area contributed by atoms with Crippen molar-refractivity contribution in [1.82, 2.24) is 15.5 Å². The Morgan fingerprint density at radius 1 is 1.03 bits per heavy atom.